The molecule has 0 spiro atoms. The fraction of sp³-hybridized carbons (Fsp3) is 0.391. The van der Waals surface area contributed by atoms with E-state index >= 15 is 0 Å². The first-order valence-electron chi connectivity index (χ1n) is 11.0. The number of aliphatic hydroxyl groups is 1. The van der Waals surface area contributed by atoms with Crippen molar-refractivity contribution < 1.29 is 28.9 Å². The molecule has 1 aliphatic heterocycles. The average molecular weight is 499 g/mol. The Bertz CT molecular complexity index is 1320. The van der Waals surface area contributed by atoms with Crippen LogP contribution in [0.15, 0.2) is 51.2 Å². The molecule has 3 rings (SSSR count). The van der Waals surface area contributed by atoms with Gasteiger partial charge in [0.15, 0.2) is 6.23 Å². The quantitative estimate of drug-likeness (QED) is 0.187. The molecule has 2 heterocycles. The number of esters is 2. The van der Waals surface area contributed by atoms with Crippen LogP contribution in [0, 0.1) is 13.8 Å². The lowest BCUT2D eigenvalue weighted by Gasteiger charge is -2.19. The van der Waals surface area contributed by atoms with Gasteiger partial charge >= 0.3 is 17.6 Å². The van der Waals surface area contributed by atoms with E-state index in [2.05, 4.69) is 10.0 Å². The third kappa shape index (κ3) is 5.71. The van der Waals surface area contributed by atoms with Crippen LogP contribution in [0.2, 0.25) is 0 Å². The number of azide groups is 1. The fourth-order valence-corrected chi connectivity index (χ4v) is 3.59. The van der Waals surface area contributed by atoms with Crippen molar-refractivity contribution in [2.45, 2.75) is 45.2 Å². The van der Waals surface area contributed by atoms with Crippen LogP contribution in [0.1, 0.15) is 34.6 Å². The predicted molar refractivity (Wildman–Crippen MR) is 126 cm³/mol. The van der Waals surface area contributed by atoms with Gasteiger partial charge < -0.3 is 19.3 Å². The number of carbonyl (C=O) groups excluding carboxylic acids is 2. The van der Waals surface area contributed by atoms with Crippen LogP contribution < -0.4 is 11.2 Å². The number of ether oxygens (including phenoxy) is 3. The van der Waals surface area contributed by atoms with E-state index < -0.39 is 47.7 Å². The molecule has 2 aromatic rings. The maximum Gasteiger partial charge on any atom is 0.338 e. The van der Waals surface area contributed by atoms with Crippen LogP contribution in [-0.4, -0.2) is 57.6 Å². The maximum absolute atomic E-state index is 13.0. The normalized spacial score (nSPS) is 21.2. The Morgan fingerprint density at radius 1 is 1.22 bits per heavy atom. The first-order valence-corrected chi connectivity index (χ1v) is 11.0. The van der Waals surface area contributed by atoms with Gasteiger partial charge in [0, 0.05) is 28.9 Å². The highest BCUT2D eigenvalue weighted by Gasteiger charge is 2.45. The molecule has 190 valence electrons. The number of hydrogen-bond acceptors (Lipinski definition) is 9. The van der Waals surface area contributed by atoms with Crippen LogP contribution in [0.4, 0.5) is 0 Å². The maximum atomic E-state index is 13.0. The number of nitrogens with zero attached hydrogens (tertiary/aromatic N) is 5. The van der Waals surface area contributed by atoms with Crippen molar-refractivity contribution in [3.8, 4) is 0 Å². The molecule has 0 saturated carbocycles. The van der Waals surface area contributed by atoms with E-state index in [-0.39, 0.29) is 18.8 Å². The summed E-state index contributed by atoms with van der Waals surface area (Å²) >= 11 is 0. The van der Waals surface area contributed by atoms with Crippen LogP contribution in [-0.2, 0) is 19.0 Å². The van der Waals surface area contributed by atoms with Gasteiger partial charge in [0.25, 0.3) is 5.56 Å². The number of hydrogen-bond donors (Lipinski definition) is 1. The lowest BCUT2D eigenvalue weighted by molar-refractivity contribution is -0.137. The van der Waals surface area contributed by atoms with Crippen molar-refractivity contribution in [2.24, 2.45) is 5.11 Å². The highest BCUT2D eigenvalue weighted by Crippen LogP contribution is 2.31. The zero-order valence-corrected chi connectivity index (χ0v) is 19.8. The summed E-state index contributed by atoms with van der Waals surface area (Å²) in [4.78, 5) is 52.3. The molecule has 1 unspecified atom stereocenters. The molecule has 4 atom stereocenters. The summed E-state index contributed by atoms with van der Waals surface area (Å²) < 4.78 is 17.4. The minimum absolute atomic E-state index is 0.105. The molecule has 0 aliphatic carbocycles. The number of benzene rings is 1. The van der Waals surface area contributed by atoms with Crippen LogP contribution in [0.5, 0.6) is 0 Å². The Kier molecular flexibility index (Phi) is 8.43. The zero-order valence-electron chi connectivity index (χ0n) is 19.8. The van der Waals surface area contributed by atoms with Crippen molar-refractivity contribution >= 4 is 18.1 Å². The molecule has 1 aromatic carbocycles. The molecule has 0 bridgehead atoms. The second-order valence-corrected chi connectivity index (χ2v) is 7.96. The van der Waals surface area contributed by atoms with Crippen molar-refractivity contribution in [3.05, 3.63) is 84.5 Å². The van der Waals surface area contributed by atoms with Crippen LogP contribution in [0.3, 0.4) is 0 Å². The Balaban J connectivity index is 1.88. The first kappa shape index (κ1) is 26.4. The van der Waals surface area contributed by atoms with Crippen molar-refractivity contribution in [3.63, 3.8) is 0 Å². The van der Waals surface area contributed by atoms with Gasteiger partial charge in [-0.2, -0.15) is 0 Å². The van der Waals surface area contributed by atoms with E-state index in [1.54, 1.807) is 31.2 Å². The third-order valence-corrected chi connectivity index (χ3v) is 5.42. The zero-order chi connectivity index (χ0) is 26.4. The van der Waals surface area contributed by atoms with E-state index in [1.807, 2.05) is 6.92 Å². The molecule has 0 radical (unpaired) electrons. The molecule has 1 fully saturated rings. The molecular formula is C23H25N5O8. The Hall–Kier alpha value is -4.19. The van der Waals surface area contributed by atoms with Gasteiger partial charge in [-0.3, -0.25) is 9.36 Å². The summed E-state index contributed by atoms with van der Waals surface area (Å²) in [6, 6.07) is 5.46. The highest BCUT2D eigenvalue weighted by molar-refractivity contribution is 5.89. The van der Waals surface area contributed by atoms with Gasteiger partial charge in [0.1, 0.15) is 18.8 Å². The second kappa shape index (κ2) is 11.5. The molecule has 1 N–H and O–H groups in total. The van der Waals surface area contributed by atoms with Gasteiger partial charge in [-0.05, 0) is 38.4 Å². The van der Waals surface area contributed by atoms with Crippen molar-refractivity contribution in [2.75, 3.05) is 13.2 Å². The van der Waals surface area contributed by atoms with E-state index in [1.165, 1.54) is 13.1 Å². The van der Waals surface area contributed by atoms with E-state index in [0.717, 1.165) is 22.4 Å². The van der Waals surface area contributed by atoms with Gasteiger partial charge in [-0.15, -0.1) is 0 Å². The molecule has 1 aromatic heterocycles. The Morgan fingerprint density at radius 3 is 2.56 bits per heavy atom. The fourth-order valence-electron chi connectivity index (χ4n) is 3.59. The van der Waals surface area contributed by atoms with Crippen LogP contribution in [0.25, 0.3) is 16.6 Å². The molecule has 1 saturated heterocycles. The number of aliphatic hydroxyl groups excluding tert-OH is 1. The van der Waals surface area contributed by atoms with Crippen molar-refractivity contribution in [1.29, 1.82) is 0 Å². The summed E-state index contributed by atoms with van der Waals surface area (Å²) in [5.74, 6) is -1.41. The summed E-state index contributed by atoms with van der Waals surface area (Å²) in [7, 11) is 0. The van der Waals surface area contributed by atoms with Gasteiger partial charge in [0.05, 0.1) is 18.2 Å². The average Bonchev–Trinajstić information content (AvgIpc) is 3.15. The molecule has 1 aliphatic rings. The van der Waals surface area contributed by atoms with Gasteiger partial charge in [-0.1, -0.05) is 22.8 Å². The third-order valence-electron chi connectivity index (χ3n) is 5.42. The summed E-state index contributed by atoms with van der Waals surface area (Å²) in [6.45, 7) is 4.63. The lowest BCUT2D eigenvalue weighted by Crippen LogP contribution is -2.42. The van der Waals surface area contributed by atoms with Gasteiger partial charge in [-0.25, -0.2) is 19.0 Å². The highest BCUT2D eigenvalue weighted by atomic mass is 16.6. The first-order chi connectivity index (χ1) is 17.2. The smallest absolute Gasteiger partial charge is 0.338 e. The SMILES string of the molecule is CCOC(=O)/C=C/n1c(=O)c(C)cn([C@@H]2O[C@H](COC(=O)c3ccc(C)cc3)C(N=[N+]=[N-])[C@H]2O)c1=O. The number of carbonyl (C=O) groups is 2. The molecule has 13 heteroatoms. The van der Waals surface area contributed by atoms with Crippen LogP contribution >= 0.6 is 0 Å². The van der Waals surface area contributed by atoms with E-state index in [4.69, 9.17) is 19.7 Å². The lowest BCUT2D eigenvalue weighted by atomic mass is 10.1. The summed E-state index contributed by atoms with van der Waals surface area (Å²) in [6.07, 6.45) is -0.921. The number of rotatable bonds is 8. The number of aryl methyl sites for hydroxylation is 2. The second-order valence-electron chi connectivity index (χ2n) is 7.96. The Morgan fingerprint density at radius 2 is 1.92 bits per heavy atom. The van der Waals surface area contributed by atoms with Crippen molar-refractivity contribution in [1.82, 2.24) is 9.13 Å². The largest absolute Gasteiger partial charge is 0.463 e. The predicted octanol–water partition coefficient (Wildman–Crippen LogP) is 1.45. The minimum Gasteiger partial charge on any atom is -0.463 e. The topological polar surface area (TPSA) is 175 Å². The molecule has 0 amide bonds. The summed E-state index contributed by atoms with van der Waals surface area (Å²) in [5, 5.41) is 14.4. The van der Waals surface area contributed by atoms with E-state index in [0.29, 0.717) is 10.1 Å². The molecule has 36 heavy (non-hydrogen) atoms. The monoisotopic (exact) mass is 499 g/mol. The van der Waals surface area contributed by atoms with E-state index in [9.17, 15) is 24.3 Å². The Labute approximate surface area is 204 Å². The standard InChI is InChI=1S/C23H25N5O8/c1-4-34-17(29)9-10-27-20(31)14(3)11-28(23(27)33)21-19(30)18(25-26-24)16(36-21)12-35-22(32)15-7-5-13(2)6-8-15/h5-11,16,18-19,21,30H,4,12H2,1-3H3/b10-9+/t16-,18?,19-,21-/m1/s1. The number of aromatic nitrogens is 2. The summed E-state index contributed by atoms with van der Waals surface area (Å²) in [5.41, 5.74) is 8.70. The molecular weight excluding hydrogens is 474 g/mol. The minimum atomic E-state index is -1.51. The molecule has 13 nitrogen and oxygen atoms in total. The van der Waals surface area contributed by atoms with Gasteiger partial charge in [0.2, 0.25) is 0 Å².